The third-order valence-corrected chi connectivity index (χ3v) is 6.47. The number of amides is 2. The molecule has 0 atom stereocenters. The molecule has 1 saturated heterocycles. The number of carbonyl (C=O) groups excluding carboxylic acids is 2. The van der Waals surface area contributed by atoms with Gasteiger partial charge < -0.3 is 4.42 Å². The van der Waals surface area contributed by atoms with E-state index in [-0.39, 0.29) is 16.7 Å². The van der Waals surface area contributed by atoms with Crippen molar-refractivity contribution in [2.24, 2.45) is 0 Å². The van der Waals surface area contributed by atoms with Crippen LogP contribution in [-0.4, -0.2) is 16.0 Å². The Kier molecular flexibility index (Phi) is 5.98. The van der Waals surface area contributed by atoms with E-state index in [0.717, 1.165) is 27.8 Å². The zero-order valence-corrected chi connectivity index (χ0v) is 18.7. The zero-order chi connectivity index (χ0) is 21.4. The standard InChI is InChI=1S/C22H14Cl3NO3S/c1-12-5-6-13(23)9-15(12)19-8-7-14(29-19)10-20-21(27)26(22(28)30-20)11-16-17(24)3-2-4-18(16)25/h2-10H,11H2,1H3/b20-10-. The molecule has 1 fully saturated rings. The molecular weight excluding hydrogens is 465 g/mol. The van der Waals surface area contributed by atoms with Gasteiger partial charge >= 0.3 is 0 Å². The predicted molar refractivity (Wildman–Crippen MR) is 122 cm³/mol. The van der Waals surface area contributed by atoms with E-state index in [4.69, 9.17) is 39.2 Å². The Morgan fingerprint density at radius 3 is 2.50 bits per heavy atom. The van der Waals surface area contributed by atoms with Gasteiger partial charge in [-0.05, 0) is 60.6 Å². The van der Waals surface area contributed by atoms with Crippen LogP contribution in [-0.2, 0) is 11.3 Å². The molecule has 3 aromatic rings. The number of thioether (sulfide) groups is 1. The molecule has 1 aromatic heterocycles. The number of halogens is 3. The first-order valence-corrected chi connectivity index (χ1v) is 10.8. The topological polar surface area (TPSA) is 50.5 Å². The second-order valence-electron chi connectivity index (χ2n) is 6.63. The van der Waals surface area contributed by atoms with E-state index in [1.54, 1.807) is 36.4 Å². The summed E-state index contributed by atoms with van der Waals surface area (Å²) in [4.78, 5) is 26.6. The average molecular weight is 479 g/mol. The van der Waals surface area contributed by atoms with Crippen molar-refractivity contribution in [1.29, 1.82) is 0 Å². The summed E-state index contributed by atoms with van der Waals surface area (Å²) in [6, 6.07) is 14.1. The second-order valence-corrected chi connectivity index (χ2v) is 8.87. The van der Waals surface area contributed by atoms with Crippen LogP contribution in [0, 0.1) is 6.92 Å². The molecule has 4 nitrogen and oxygen atoms in total. The Labute approximate surface area is 192 Å². The van der Waals surface area contributed by atoms with E-state index >= 15 is 0 Å². The molecule has 2 heterocycles. The molecule has 2 aromatic carbocycles. The molecule has 152 valence electrons. The Morgan fingerprint density at radius 1 is 1.03 bits per heavy atom. The van der Waals surface area contributed by atoms with Gasteiger partial charge in [-0.3, -0.25) is 14.5 Å². The van der Waals surface area contributed by atoms with Crippen molar-refractivity contribution in [2.75, 3.05) is 0 Å². The molecular formula is C22H14Cl3NO3S. The van der Waals surface area contributed by atoms with Crippen molar-refractivity contribution in [3.8, 4) is 11.3 Å². The molecule has 1 aliphatic rings. The Morgan fingerprint density at radius 2 is 1.77 bits per heavy atom. The van der Waals surface area contributed by atoms with E-state index in [1.165, 1.54) is 0 Å². The molecule has 0 radical (unpaired) electrons. The summed E-state index contributed by atoms with van der Waals surface area (Å²) in [6.45, 7) is 1.96. The first-order chi connectivity index (χ1) is 14.3. The van der Waals surface area contributed by atoms with Crippen LogP contribution in [0.3, 0.4) is 0 Å². The maximum atomic E-state index is 12.8. The maximum absolute atomic E-state index is 12.8. The van der Waals surface area contributed by atoms with Crippen molar-refractivity contribution in [3.63, 3.8) is 0 Å². The Hall–Kier alpha value is -2.18. The van der Waals surface area contributed by atoms with Gasteiger partial charge in [0.05, 0.1) is 11.4 Å². The summed E-state index contributed by atoms with van der Waals surface area (Å²) < 4.78 is 5.87. The SMILES string of the molecule is Cc1ccc(Cl)cc1-c1ccc(/C=C2\SC(=O)N(Cc3c(Cl)cccc3Cl)C2=O)o1. The quantitative estimate of drug-likeness (QED) is 0.365. The summed E-state index contributed by atoms with van der Waals surface area (Å²) >= 11 is 19.3. The van der Waals surface area contributed by atoms with Crippen LogP contribution >= 0.6 is 46.6 Å². The van der Waals surface area contributed by atoms with Crippen LogP contribution in [0.25, 0.3) is 17.4 Å². The van der Waals surface area contributed by atoms with Crippen LogP contribution < -0.4 is 0 Å². The largest absolute Gasteiger partial charge is 0.457 e. The first-order valence-electron chi connectivity index (χ1n) is 8.88. The molecule has 0 N–H and O–H groups in total. The number of imide groups is 1. The predicted octanol–water partition coefficient (Wildman–Crippen LogP) is 7.45. The molecule has 0 spiro atoms. The minimum Gasteiger partial charge on any atom is -0.457 e. The van der Waals surface area contributed by atoms with E-state index in [9.17, 15) is 9.59 Å². The van der Waals surface area contributed by atoms with Gasteiger partial charge in [-0.25, -0.2) is 0 Å². The van der Waals surface area contributed by atoms with Crippen LogP contribution in [0.2, 0.25) is 15.1 Å². The van der Waals surface area contributed by atoms with E-state index in [2.05, 4.69) is 0 Å². The summed E-state index contributed by atoms with van der Waals surface area (Å²) in [6.07, 6.45) is 1.56. The highest BCUT2D eigenvalue weighted by Crippen LogP contribution is 2.36. The van der Waals surface area contributed by atoms with E-state index in [0.29, 0.717) is 32.2 Å². The van der Waals surface area contributed by atoms with Crippen molar-refractivity contribution < 1.29 is 14.0 Å². The number of hydrogen-bond acceptors (Lipinski definition) is 4. The fourth-order valence-corrected chi connectivity index (χ4v) is 4.55. The normalized spacial score (nSPS) is 15.5. The van der Waals surface area contributed by atoms with Gasteiger partial charge in [0.15, 0.2) is 0 Å². The maximum Gasteiger partial charge on any atom is 0.293 e. The minimum absolute atomic E-state index is 0.00558. The summed E-state index contributed by atoms with van der Waals surface area (Å²) in [5.41, 5.74) is 2.40. The lowest BCUT2D eigenvalue weighted by atomic mass is 10.1. The first kappa shape index (κ1) is 21.1. The fraction of sp³-hybridized carbons (Fsp3) is 0.0909. The van der Waals surface area contributed by atoms with Crippen LogP contribution in [0.4, 0.5) is 4.79 Å². The fourth-order valence-electron chi connectivity index (χ4n) is 3.04. The highest BCUT2D eigenvalue weighted by atomic mass is 35.5. The summed E-state index contributed by atoms with van der Waals surface area (Å²) in [5.74, 6) is 0.673. The third-order valence-electron chi connectivity index (χ3n) is 4.62. The van der Waals surface area contributed by atoms with Crippen molar-refractivity contribution in [1.82, 2.24) is 4.90 Å². The third kappa shape index (κ3) is 4.16. The lowest BCUT2D eigenvalue weighted by Gasteiger charge is -2.14. The highest BCUT2D eigenvalue weighted by molar-refractivity contribution is 8.18. The lowest BCUT2D eigenvalue weighted by molar-refractivity contribution is -0.123. The number of rotatable bonds is 4. The van der Waals surface area contributed by atoms with Gasteiger partial charge in [0.25, 0.3) is 11.1 Å². The van der Waals surface area contributed by atoms with Crippen molar-refractivity contribution in [3.05, 3.63) is 85.4 Å². The van der Waals surface area contributed by atoms with Gasteiger partial charge in [-0.2, -0.15) is 0 Å². The molecule has 4 rings (SSSR count). The highest BCUT2D eigenvalue weighted by Gasteiger charge is 2.36. The van der Waals surface area contributed by atoms with Crippen LogP contribution in [0.5, 0.6) is 0 Å². The Balaban J connectivity index is 1.58. The van der Waals surface area contributed by atoms with Gasteiger partial charge in [0, 0.05) is 32.3 Å². The summed E-state index contributed by atoms with van der Waals surface area (Å²) in [7, 11) is 0. The minimum atomic E-state index is -0.419. The molecule has 0 aliphatic carbocycles. The molecule has 0 saturated carbocycles. The average Bonchev–Trinajstić information content (AvgIpc) is 3.26. The molecule has 2 amide bonds. The summed E-state index contributed by atoms with van der Waals surface area (Å²) in [5, 5.41) is 1.02. The van der Waals surface area contributed by atoms with Crippen LogP contribution in [0.1, 0.15) is 16.9 Å². The number of benzene rings is 2. The number of hydrogen-bond donors (Lipinski definition) is 0. The smallest absolute Gasteiger partial charge is 0.293 e. The molecule has 1 aliphatic heterocycles. The monoisotopic (exact) mass is 477 g/mol. The Bertz CT molecular complexity index is 1180. The van der Waals surface area contributed by atoms with Gasteiger partial charge in [-0.1, -0.05) is 46.9 Å². The van der Waals surface area contributed by atoms with E-state index < -0.39 is 5.91 Å². The van der Waals surface area contributed by atoms with Gasteiger partial charge in [0.2, 0.25) is 0 Å². The molecule has 30 heavy (non-hydrogen) atoms. The molecule has 8 heteroatoms. The van der Waals surface area contributed by atoms with Crippen molar-refractivity contribution in [2.45, 2.75) is 13.5 Å². The number of carbonyl (C=O) groups is 2. The molecule has 0 bridgehead atoms. The van der Waals surface area contributed by atoms with E-state index in [1.807, 2.05) is 25.1 Å². The zero-order valence-electron chi connectivity index (χ0n) is 15.6. The second kappa shape index (κ2) is 8.52. The van der Waals surface area contributed by atoms with Gasteiger partial charge in [0.1, 0.15) is 11.5 Å². The molecule has 0 unspecified atom stereocenters. The number of aryl methyl sites for hydroxylation is 1. The van der Waals surface area contributed by atoms with Crippen molar-refractivity contribution >= 4 is 63.8 Å². The number of nitrogens with zero attached hydrogens (tertiary/aromatic N) is 1. The van der Waals surface area contributed by atoms with Crippen LogP contribution in [0.15, 0.2) is 57.9 Å². The number of furan rings is 1. The van der Waals surface area contributed by atoms with Gasteiger partial charge in [-0.15, -0.1) is 0 Å². The lowest BCUT2D eigenvalue weighted by Crippen LogP contribution is -2.27.